The van der Waals surface area contributed by atoms with E-state index in [0.717, 1.165) is 52.0 Å². The number of rotatable bonds is 7. The van der Waals surface area contributed by atoms with Crippen molar-refractivity contribution in [3.05, 3.63) is 46.9 Å². The van der Waals surface area contributed by atoms with Gasteiger partial charge in [-0.05, 0) is 56.8 Å². The monoisotopic (exact) mass is 477 g/mol. The second kappa shape index (κ2) is 8.14. The van der Waals surface area contributed by atoms with Crippen molar-refractivity contribution in [1.29, 1.82) is 0 Å². The summed E-state index contributed by atoms with van der Waals surface area (Å²) in [5, 5.41) is 10.8. The molecule has 6 rings (SSSR count). The van der Waals surface area contributed by atoms with Crippen LogP contribution in [0.1, 0.15) is 29.1 Å². The van der Waals surface area contributed by atoms with Crippen molar-refractivity contribution < 1.29 is 0 Å². The summed E-state index contributed by atoms with van der Waals surface area (Å²) in [7, 11) is 2.00. The van der Waals surface area contributed by atoms with Crippen LogP contribution in [0.4, 0.5) is 0 Å². The smallest absolute Gasteiger partial charge is 0.191 e. The van der Waals surface area contributed by atoms with Gasteiger partial charge in [-0.25, -0.2) is 9.97 Å². The molecule has 2 atom stereocenters. The molecule has 4 heterocycles. The molecule has 1 saturated carbocycles. The molecule has 1 aliphatic heterocycles. The van der Waals surface area contributed by atoms with Gasteiger partial charge in [-0.3, -0.25) is 4.98 Å². The highest BCUT2D eigenvalue weighted by molar-refractivity contribution is 7.99. The van der Waals surface area contributed by atoms with Crippen LogP contribution in [0.2, 0.25) is 0 Å². The van der Waals surface area contributed by atoms with Gasteiger partial charge in [-0.2, -0.15) is 0 Å². The van der Waals surface area contributed by atoms with Gasteiger partial charge in [0.1, 0.15) is 5.69 Å². The molecular weight excluding hydrogens is 450 g/mol. The van der Waals surface area contributed by atoms with Gasteiger partial charge in [0.25, 0.3) is 0 Å². The van der Waals surface area contributed by atoms with Crippen LogP contribution >= 0.6 is 23.1 Å². The Morgan fingerprint density at radius 1 is 1.18 bits per heavy atom. The predicted molar refractivity (Wildman–Crippen MR) is 133 cm³/mol. The average molecular weight is 478 g/mol. The Hall–Kier alpha value is -2.36. The topological polar surface area (TPSA) is 72.6 Å². The first kappa shape index (κ1) is 21.2. The van der Waals surface area contributed by atoms with Gasteiger partial charge < -0.3 is 9.47 Å². The van der Waals surface area contributed by atoms with Crippen molar-refractivity contribution in [2.24, 2.45) is 13.0 Å². The molecule has 0 unspecified atom stereocenters. The maximum absolute atomic E-state index is 4.72. The molecule has 2 fully saturated rings. The second-order valence-corrected chi connectivity index (χ2v) is 11.6. The van der Waals surface area contributed by atoms with Gasteiger partial charge in [0.2, 0.25) is 0 Å². The summed E-state index contributed by atoms with van der Waals surface area (Å²) in [6.07, 6.45) is 6.00. The Kier molecular flexibility index (Phi) is 5.23. The number of aryl methyl sites for hydroxylation is 2. The molecule has 0 bridgehead atoms. The van der Waals surface area contributed by atoms with E-state index in [1.54, 1.807) is 35.5 Å². The molecular formula is C24H27N7S2. The fourth-order valence-electron chi connectivity index (χ4n) is 5.18. The van der Waals surface area contributed by atoms with Crippen molar-refractivity contribution >= 4 is 33.3 Å². The van der Waals surface area contributed by atoms with Crippen LogP contribution in [0.25, 0.3) is 21.7 Å². The molecule has 33 heavy (non-hydrogen) atoms. The molecule has 3 aromatic heterocycles. The van der Waals surface area contributed by atoms with E-state index in [0.29, 0.717) is 5.41 Å². The highest BCUT2D eigenvalue weighted by atomic mass is 32.2. The zero-order valence-corrected chi connectivity index (χ0v) is 20.8. The standard InChI is InChI=1S/C24H27N7S2/c1-15-11-26-20(12-25-15)22-28-29-23(30(22)3)32-8-4-7-31-13-18-10-24(18,14-31)17-5-6-21-19(9-17)27-16(2)33-21/h5-6,9,11-12,18H,4,7-8,10,13-14H2,1-3H3/t18-,24+/m1/s1. The number of piperidine rings is 1. The van der Waals surface area contributed by atoms with Gasteiger partial charge in [0.15, 0.2) is 11.0 Å². The van der Waals surface area contributed by atoms with Gasteiger partial charge in [-0.15, -0.1) is 21.5 Å². The number of aromatic nitrogens is 6. The van der Waals surface area contributed by atoms with E-state index in [9.17, 15) is 0 Å². The molecule has 0 amide bonds. The Labute approximate surface area is 201 Å². The summed E-state index contributed by atoms with van der Waals surface area (Å²) in [6.45, 7) is 7.56. The van der Waals surface area contributed by atoms with Gasteiger partial charge >= 0.3 is 0 Å². The summed E-state index contributed by atoms with van der Waals surface area (Å²) in [5.74, 6) is 2.60. The van der Waals surface area contributed by atoms with Gasteiger partial charge in [0, 0.05) is 37.5 Å². The molecule has 7 nitrogen and oxygen atoms in total. The number of fused-ring (bicyclic) bond motifs is 2. The van der Waals surface area contributed by atoms with Crippen molar-refractivity contribution in [2.45, 2.75) is 37.3 Å². The molecule has 170 valence electrons. The second-order valence-electron chi connectivity index (χ2n) is 9.32. The van der Waals surface area contributed by atoms with E-state index in [1.165, 1.54) is 35.3 Å². The summed E-state index contributed by atoms with van der Waals surface area (Å²) < 4.78 is 3.32. The molecule has 0 radical (unpaired) electrons. The number of likely N-dealkylation sites (tertiary alicyclic amines) is 1. The third kappa shape index (κ3) is 3.86. The van der Waals surface area contributed by atoms with E-state index in [-0.39, 0.29) is 0 Å². The highest BCUT2D eigenvalue weighted by Crippen LogP contribution is 2.59. The largest absolute Gasteiger partial charge is 0.304 e. The molecule has 4 aromatic rings. The molecule has 2 aliphatic rings. The first-order valence-electron chi connectivity index (χ1n) is 11.4. The Morgan fingerprint density at radius 2 is 2.09 bits per heavy atom. The summed E-state index contributed by atoms with van der Waals surface area (Å²) >= 11 is 3.56. The molecule has 1 saturated heterocycles. The van der Waals surface area contributed by atoms with E-state index >= 15 is 0 Å². The minimum Gasteiger partial charge on any atom is -0.304 e. The van der Waals surface area contributed by atoms with Crippen molar-refractivity contribution in [1.82, 2.24) is 34.6 Å². The maximum atomic E-state index is 4.72. The number of hydrogen-bond acceptors (Lipinski definition) is 8. The minimum absolute atomic E-state index is 0.367. The molecule has 1 aromatic carbocycles. The number of benzene rings is 1. The summed E-state index contributed by atoms with van der Waals surface area (Å²) in [4.78, 5) is 16.1. The van der Waals surface area contributed by atoms with E-state index in [1.807, 2.05) is 18.5 Å². The summed E-state index contributed by atoms with van der Waals surface area (Å²) in [6, 6.07) is 6.97. The third-order valence-electron chi connectivity index (χ3n) is 6.98. The number of nitrogens with zero attached hydrogens (tertiary/aromatic N) is 7. The van der Waals surface area contributed by atoms with E-state index in [4.69, 9.17) is 4.98 Å². The lowest BCUT2D eigenvalue weighted by Crippen LogP contribution is -2.27. The van der Waals surface area contributed by atoms with Crippen LogP contribution in [-0.2, 0) is 12.5 Å². The van der Waals surface area contributed by atoms with E-state index in [2.05, 4.69) is 50.2 Å². The number of thioether (sulfide) groups is 1. The lowest BCUT2D eigenvalue weighted by Gasteiger charge is -2.21. The van der Waals surface area contributed by atoms with Crippen molar-refractivity contribution in [3.63, 3.8) is 0 Å². The normalized spacial score (nSPS) is 22.2. The van der Waals surface area contributed by atoms with Gasteiger partial charge in [-0.1, -0.05) is 17.8 Å². The maximum Gasteiger partial charge on any atom is 0.191 e. The fourth-order valence-corrected chi connectivity index (χ4v) is 6.82. The predicted octanol–water partition coefficient (Wildman–Crippen LogP) is 4.25. The molecule has 9 heteroatoms. The average Bonchev–Trinajstić information content (AvgIpc) is 3.08. The summed E-state index contributed by atoms with van der Waals surface area (Å²) in [5.41, 5.74) is 4.69. The van der Waals surface area contributed by atoms with Crippen molar-refractivity contribution in [3.8, 4) is 11.5 Å². The molecule has 0 spiro atoms. The first-order chi connectivity index (χ1) is 16.0. The Morgan fingerprint density at radius 3 is 2.94 bits per heavy atom. The quantitative estimate of drug-likeness (QED) is 0.291. The van der Waals surface area contributed by atoms with Crippen LogP contribution in [0.3, 0.4) is 0 Å². The fraction of sp³-hybridized carbons (Fsp3) is 0.458. The van der Waals surface area contributed by atoms with E-state index < -0.39 is 0 Å². The van der Waals surface area contributed by atoms with Crippen LogP contribution in [-0.4, -0.2) is 60.0 Å². The SMILES string of the molecule is Cc1cnc(-c2nnc(SCCCN3C[C@H]4C[C@@]4(c4ccc5sc(C)nc5c4)C3)n2C)cn1. The van der Waals surface area contributed by atoms with Crippen LogP contribution in [0.5, 0.6) is 0 Å². The number of hydrogen-bond donors (Lipinski definition) is 0. The zero-order chi connectivity index (χ0) is 22.6. The van der Waals surface area contributed by atoms with Crippen LogP contribution < -0.4 is 0 Å². The van der Waals surface area contributed by atoms with Crippen LogP contribution in [0.15, 0.2) is 35.7 Å². The first-order valence-corrected chi connectivity index (χ1v) is 13.2. The lowest BCUT2D eigenvalue weighted by atomic mass is 9.95. The van der Waals surface area contributed by atoms with Gasteiger partial charge in [0.05, 0.1) is 27.1 Å². The van der Waals surface area contributed by atoms with Crippen molar-refractivity contribution in [2.75, 3.05) is 25.4 Å². The molecule has 0 N–H and O–H groups in total. The lowest BCUT2D eigenvalue weighted by molar-refractivity contribution is 0.299. The minimum atomic E-state index is 0.367. The Bertz CT molecular complexity index is 1310. The van der Waals surface area contributed by atoms with Crippen LogP contribution in [0, 0.1) is 19.8 Å². The number of thiazole rings is 1. The zero-order valence-electron chi connectivity index (χ0n) is 19.2. The highest BCUT2D eigenvalue weighted by Gasteiger charge is 2.60. The Balaban J connectivity index is 1.03. The molecule has 1 aliphatic carbocycles. The third-order valence-corrected chi connectivity index (χ3v) is 9.04.